The highest BCUT2D eigenvalue weighted by Crippen LogP contribution is 2.33. The van der Waals surface area contributed by atoms with Crippen LogP contribution in [0.25, 0.3) is 11.0 Å². The van der Waals surface area contributed by atoms with Crippen molar-refractivity contribution in [2.45, 2.75) is 56.1 Å². The number of rotatable bonds is 24. The number of amides is 6. The van der Waals surface area contributed by atoms with Crippen molar-refractivity contribution in [1.29, 1.82) is 0 Å². The number of piperazine rings is 1. The fourth-order valence-corrected chi connectivity index (χ4v) is 9.43. The molecular weight excluding hydrogens is 938 g/mol. The summed E-state index contributed by atoms with van der Waals surface area (Å²) < 4.78 is 22.5. The zero-order valence-corrected chi connectivity index (χ0v) is 40.5. The first-order chi connectivity index (χ1) is 34.5. The first-order valence-electron chi connectivity index (χ1n) is 24.3. The van der Waals surface area contributed by atoms with Gasteiger partial charge in [-0.25, -0.2) is 9.97 Å². The van der Waals surface area contributed by atoms with Crippen molar-refractivity contribution in [3.8, 4) is 0 Å². The van der Waals surface area contributed by atoms with Gasteiger partial charge in [-0.15, -0.1) is 0 Å². The van der Waals surface area contributed by atoms with Crippen LogP contribution < -0.4 is 26.6 Å². The fourth-order valence-electron chi connectivity index (χ4n) is 9.31. The van der Waals surface area contributed by atoms with E-state index in [2.05, 4.69) is 40.7 Å². The zero-order chi connectivity index (χ0) is 49.7. The van der Waals surface area contributed by atoms with Gasteiger partial charge in [-0.2, -0.15) is 0 Å². The van der Waals surface area contributed by atoms with E-state index in [1.807, 2.05) is 41.4 Å². The zero-order valence-electron chi connectivity index (χ0n) is 39.7. The van der Waals surface area contributed by atoms with Crippen LogP contribution in [0.4, 0.5) is 11.5 Å². The number of benzene rings is 2. The van der Waals surface area contributed by atoms with Gasteiger partial charge in [-0.1, -0.05) is 29.8 Å². The van der Waals surface area contributed by atoms with E-state index in [9.17, 15) is 28.8 Å². The topological polar surface area (TPSA) is 256 Å². The molecule has 4 aliphatic heterocycles. The summed E-state index contributed by atoms with van der Waals surface area (Å²) in [6, 6.07) is 13.1. The molecule has 3 fully saturated rings. The summed E-state index contributed by atoms with van der Waals surface area (Å²) in [5.74, 6) is -1.50. The van der Waals surface area contributed by atoms with Crippen molar-refractivity contribution in [2.75, 3.05) is 115 Å². The first-order valence-corrected chi connectivity index (χ1v) is 24.6. The maximum Gasteiger partial charge on any atom is 0.264 e. The monoisotopic (exact) mass is 999 g/mol. The van der Waals surface area contributed by atoms with Gasteiger partial charge in [-0.3, -0.25) is 43.9 Å². The van der Waals surface area contributed by atoms with Crippen LogP contribution in [0, 0.1) is 0 Å². The van der Waals surface area contributed by atoms with Gasteiger partial charge in [0, 0.05) is 75.7 Å². The highest BCUT2D eigenvalue weighted by Gasteiger charge is 2.46. The Labute approximate surface area is 416 Å². The molecule has 6 heterocycles. The predicted molar refractivity (Wildman–Crippen MR) is 262 cm³/mol. The van der Waals surface area contributed by atoms with Crippen molar-refractivity contribution in [3.05, 3.63) is 82.8 Å². The molecule has 22 heteroatoms. The summed E-state index contributed by atoms with van der Waals surface area (Å²) in [5.41, 5.74) is 8.38. The van der Waals surface area contributed by atoms with Gasteiger partial charge in [0.05, 0.1) is 87.4 Å². The molecule has 4 aromatic rings. The van der Waals surface area contributed by atoms with Gasteiger partial charge in [0.2, 0.25) is 23.6 Å². The molecular formula is C49H62ClN11O10. The Bertz CT molecular complexity index is 2510. The number of aromatic nitrogens is 3. The highest BCUT2D eigenvalue weighted by atomic mass is 35.5. The molecule has 8 rings (SSSR count). The fraction of sp³-hybridized carbons (Fsp3) is 0.510. The molecule has 2 atom stereocenters. The number of fused-ring (bicyclic) bond motifs is 2. The van der Waals surface area contributed by atoms with Crippen LogP contribution >= 0.6 is 11.6 Å². The lowest BCUT2D eigenvalue weighted by Gasteiger charge is -2.39. The molecule has 2 unspecified atom stereocenters. The van der Waals surface area contributed by atoms with Gasteiger partial charge in [0.15, 0.2) is 0 Å². The largest absolute Gasteiger partial charge is 0.382 e. The summed E-state index contributed by atoms with van der Waals surface area (Å²) in [5, 5.41) is 10.2. The third-order valence-electron chi connectivity index (χ3n) is 13.4. The number of nitrogens with two attached hydrogens (primary N) is 1. The van der Waals surface area contributed by atoms with Crippen molar-refractivity contribution < 1.29 is 47.7 Å². The smallest absolute Gasteiger partial charge is 0.264 e. The molecule has 6 amide bonds. The number of carbonyl (C=O) groups excluding carboxylic acids is 6. The Morgan fingerprint density at radius 1 is 0.831 bits per heavy atom. The number of hydrogen-bond donors (Lipinski definition) is 5. The van der Waals surface area contributed by atoms with Crippen molar-refractivity contribution in [1.82, 2.24) is 40.3 Å². The third kappa shape index (κ3) is 12.9. The second kappa shape index (κ2) is 24.4. The molecule has 2 aromatic carbocycles. The van der Waals surface area contributed by atoms with E-state index in [0.717, 1.165) is 46.9 Å². The van der Waals surface area contributed by atoms with Gasteiger partial charge >= 0.3 is 0 Å². The molecule has 21 nitrogen and oxygen atoms in total. The summed E-state index contributed by atoms with van der Waals surface area (Å²) in [6.45, 7) is 7.71. The molecule has 0 spiro atoms. The molecule has 0 radical (unpaired) electrons. The number of imide groups is 2. The number of nitrogens with zero attached hydrogens (tertiary/aromatic N) is 6. The number of hydrogen-bond acceptors (Lipinski definition) is 16. The molecule has 2 aromatic heterocycles. The molecule has 71 heavy (non-hydrogen) atoms. The summed E-state index contributed by atoms with van der Waals surface area (Å²) in [7, 11) is 0. The van der Waals surface area contributed by atoms with Gasteiger partial charge < -0.3 is 50.1 Å². The quantitative estimate of drug-likeness (QED) is 0.0499. The van der Waals surface area contributed by atoms with E-state index in [4.69, 9.17) is 36.3 Å². The van der Waals surface area contributed by atoms with Crippen LogP contribution in [0.1, 0.15) is 70.8 Å². The van der Waals surface area contributed by atoms with E-state index in [1.165, 1.54) is 0 Å². The van der Waals surface area contributed by atoms with Crippen LogP contribution in [0.2, 0.25) is 5.02 Å². The maximum absolute atomic E-state index is 13.9. The molecule has 0 aliphatic carbocycles. The number of nitrogens with one attached hydrogen (secondary N) is 4. The molecule has 0 saturated carbocycles. The molecule has 4 aliphatic rings. The van der Waals surface area contributed by atoms with Gasteiger partial charge in [-0.05, 0) is 61.6 Å². The normalized spacial score (nSPS) is 18.7. The van der Waals surface area contributed by atoms with Crippen LogP contribution in [0.15, 0.2) is 61.1 Å². The number of anilines is 2. The number of H-pyrrole nitrogens is 1. The van der Waals surface area contributed by atoms with Crippen molar-refractivity contribution in [3.63, 3.8) is 0 Å². The van der Waals surface area contributed by atoms with Crippen LogP contribution in [0.5, 0.6) is 0 Å². The summed E-state index contributed by atoms with van der Waals surface area (Å²) >= 11 is 6.23. The maximum atomic E-state index is 13.9. The van der Waals surface area contributed by atoms with Gasteiger partial charge in [0.1, 0.15) is 23.8 Å². The Morgan fingerprint density at radius 2 is 1.52 bits per heavy atom. The van der Waals surface area contributed by atoms with Crippen molar-refractivity contribution in [2.24, 2.45) is 5.73 Å². The van der Waals surface area contributed by atoms with E-state index in [-0.39, 0.29) is 48.2 Å². The van der Waals surface area contributed by atoms with E-state index >= 15 is 0 Å². The summed E-state index contributed by atoms with van der Waals surface area (Å²) in [6.07, 6.45) is 5.43. The SMILES string of the molecule is NC1(C(=O)NC(CCN2CCN(C(=O)CCOCCOCCOCCOCCNc3cccc4c3C(=O)N(C3CCC(=O)NC3=O)C4=O)CC2)c2ccc(Cl)cc2)CCN(c2ncnc3[nH]ccc23)CC1. The molecule has 3 saturated heterocycles. The second-order valence-electron chi connectivity index (χ2n) is 18.0. The number of halogens is 1. The number of carbonyl (C=O) groups is 6. The van der Waals surface area contributed by atoms with Crippen LogP contribution in [-0.2, 0) is 38.1 Å². The summed E-state index contributed by atoms with van der Waals surface area (Å²) in [4.78, 5) is 96.3. The standard InChI is InChI=1S/C49H62ClN11O10/c50-34-6-4-33(5-7-34)37(56-48(67)49(51)13-18-60(19-14-49)44-36-10-15-53-43(36)54-32-55-44)11-17-58-20-22-59(23-21-58)41(63)12-24-68-26-28-70-30-31-71-29-27-69-25-16-52-38-3-1-2-35-42(38)47(66)61(46(35)65)39-8-9-40(62)57-45(39)64/h1-7,10,15,32,37,39,52H,8-9,11-14,16-31,51H2,(H,56,67)(H,53,54,55)(H,57,62,64). The minimum atomic E-state index is -1.03. The van der Waals surface area contributed by atoms with E-state index in [1.54, 1.807) is 24.5 Å². The Morgan fingerprint density at radius 3 is 2.23 bits per heavy atom. The van der Waals surface area contributed by atoms with Crippen molar-refractivity contribution >= 4 is 69.6 Å². The van der Waals surface area contributed by atoms with Crippen LogP contribution in [-0.4, -0.2) is 182 Å². The second-order valence-corrected chi connectivity index (χ2v) is 18.4. The van der Waals surface area contributed by atoms with Crippen LogP contribution in [0.3, 0.4) is 0 Å². The average Bonchev–Trinajstić information content (AvgIpc) is 3.96. The minimum absolute atomic E-state index is 0.0494. The molecule has 380 valence electrons. The lowest BCUT2D eigenvalue weighted by molar-refractivity contribution is -0.136. The Kier molecular flexibility index (Phi) is 17.6. The third-order valence-corrected chi connectivity index (χ3v) is 13.6. The Balaban J connectivity index is 0.645. The minimum Gasteiger partial charge on any atom is -0.382 e. The van der Waals surface area contributed by atoms with E-state index in [0.29, 0.717) is 116 Å². The van der Waals surface area contributed by atoms with Gasteiger partial charge in [0.25, 0.3) is 11.8 Å². The first kappa shape index (κ1) is 51.3. The number of ether oxygens (including phenoxy) is 4. The van der Waals surface area contributed by atoms with E-state index < -0.39 is 35.2 Å². The molecule has 6 N–H and O–H groups in total. The Hall–Kier alpha value is -6.07. The number of piperidine rings is 2. The highest BCUT2D eigenvalue weighted by molar-refractivity contribution is 6.30. The lowest BCUT2D eigenvalue weighted by Crippen LogP contribution is -2.60. The average molecular weight is 1000 g/mol. The molecule has 0 bridgehead atoms. The predicted octanol–water partition coefficient (Wildman–Crippen LogP) is 2.27. The number of aromatic amines is 1. The lowest BCUT2D eigenvalue weighted by atomic mass is 9.87.